The first-order valence-electron chi connectivity index (χ1n) is 5.01. The van der Waals surface area contributed by atoms with E-state index in [1.165, 1.54) is 5.56 Å². The molecule has 4 heteroatoms. The molecule has 0 saturated carbocycles. The molecular formula is C11H11N3O. The molecule has 0 atom stereocenters. The predicted molar refractivity (Wildman–Crippen MR) is 59.2 cm³/mol. The second-order valence-corrected chi connectivity index (χ2v) is 3.84. The van der Waals surface area contributed by atoms with Gasteiger partial charge in [0.05, 0.1) is 5.52 Å². The molecule has 15 heavy (non-hydrogen) atoms. The van der Waals surface area contributed by atoms with E-state index in [4.69, 9.17) is 0 Å². The van der Waals surface area contributed by atoms with Crippen LogP contribution in [0.15, 0.2) is 23.0 Å². The summed E-state index contributed by atoms with van der Waals surface area (Å²) in [5, 5.41) is 4.27. The van der Waals surface area contributed by atoms with Crippen molar-refractivity contribution in [1.29, 1.82) is 0 Å². The minimum atomic E-state index is -0.161. The molecule has 3 rings (SSSR count). The van der Waals surface area contributed by atoms with E-state index in [2.05, 4.69) is 16.4 Å². The number of rotatable bonds is 0. The summed E-state index contributed by atoms with van der Waals surface area (Å²) >= 11 is 0. The van der Waals surface area contributed by atoms with Crippen LogP contribution in [0.1, 0.15) is 5.56 Å². The zero-order valence-electron chi connectivity index (χ0n) is 8.45. The number of nitrogens with one attached hydrogen (secondary N) is 1. The fraction of sp³-hybridized carbons (Fsp3) is 0.273. The Morgan fingerprint density at radius 1 is 1.47 bits per heavy atom. The van der Waals surface area contributed by atoms with Gasteiger partial charge in [0.15, 0.2) is 0 Å². The molecule has 2 heterocycles. The molecule has 1 aliphatic heterocycles. The highest BCUT2D eigenvalue weighted by atomic mass is 16.1. The van der Waals surface area contributed by atoms with Crippen LogP contribution in [0.25, 0.3) is 10.9 Å². The molecule has 0 aliphatic carbocycles. The van der Waals surface area contributed by atoms with Crippen molar-refractivity contribution in [2.24, 2.45) is 0 Å². The highest BCUT2D eigenvalue weighted by Gasteiger charge is 2.15. The summed E-state index contributed by atoms with van der Waals surface area (Å²) in [6.07, 6.45) is 0. The number of fused-ring (bicyclic) bond motifs is 3. The van der Waals surface area contributed by atoms with Crippen LogP contribution in [0, 0.1) is 6.92 Å². The summed E-state index contributed by atoms with van der Waals surface area (Å²) in [5.41, 5.74) is 1.79. The lowest BCUT2D eigenvalue weighted by molar-refractivity contribution is 0.750. The Kier molecular flexibility index (Phi) is 1.59. The second kappa shape index (κ2) is 2.82. The van der Waals surface area contributed by atoms with Crippen molar-refractivity contribution in [2.75, 3.05) is 11.9 Å². The summed E-state index contributed by atoms with van der Waals surface area (Å²) < 4.78 is 1.70. The maximum absolute atomic E-state index is 11.6. The molecular weight excluding hydrogens is 190 g/mol. The van der Waals surface area contributed by atoms with Crippen molar-refractivity contribution in [3.63, 3.8) is 0 Å². The molecule has 1 N–H and O–H groups in total. The van der Waals surface area contributed by atoms with Gasteiger partial charge in [0, 0.05) is 18.5 Å². The number of hydrogen-bond donors (Lipinski definition) is 1. The monoisotopic (exact) mass is 201 g/mol. The molecule has 0 radical (unpaired) electrons. The minimum Gasteiger partial charge on any atom is -0.369 e. The summed E-state index contributed by atoms with van der Waals surface area (Å²) in [7, 11) is 0. The first-order valence-corrected chi connectivity index (χ1v) is 5.01. The molecule has 0 saturated heterocycles. The number of aryl methyl sites for hydroxylation is 1. The van der Waals surface area contributed by atoms with E-state index in [1.807, 2.05) is 19.1 Å². The molecule has 0 fully saturated rings. The number of nitrogens with zero attached hydrogens (tertiary/aromatic N) is 2. The van der Waals surface area contributed by atoms with E-state index in [9.17, 15) is 4.79 Å². The zero-order valence-corrected chi connectivity index (χ0v) is 8.45. The highest BCUT2D eigenvalue weighted by Crippen LogP contribution is 2.23. The van der Waals surface area contributed by atoms with E-state index in [1.54, 1.807) is 4.57 Å². The van der Waals surface area contributed by atoms with Gasteiger partial charge in [0.2, 0.25) is 0 Å². The van der Waals surface area contributed by atoms with Gasteiger partial charge < -0.3 is 5.32 Å². The third-order valence-electron chi connectivity index (χ3n) is 2.75. The molecule has 0 spiro atoms. The maximum Gasteiger partial charge on any atom is 0.349 e. The van der Waals surface area contributed by atoms with Crippen LogP contribution in [0.3, 0.4) is 0 Å². The molecule has 1 aromatic heterocycles. The highest BCUT2D eigenvalue weighted by molar-refractivity contribution is 5.90. The van der Waals surface area contributed by atoms with E-state index in [-0.39, 0.29) is 5.69 Å². The van der Waals surface area contributed by atoms with E-state index in [0.717, 1.165) is 23.3 Å². The molecule has 76 valence electrons. The molecule has 0 bridgehead atoms. The van der Waals surface area contributed by atoms with Crippen molar-refractivity contribution in [1.82, 2.24) is 9.55 Å². The number of hydrogen-bond acceptors (Lipinski definition) is 3. The summed E-state index contributed by atoms with van der Waals surface area (Å²) in [6, 6.07) is 5.93. The molecule has 0 unspecified atom stereocenters. The third kappa shape index (κ3) is 1.14. The lowest BCUT2D eigenvalue weighted by atomic mass is 10.1. The Hall–Kier alpha value is -1.84. The van der Waals surface area contributed by atoms with Crippen molar-refractivity contribution >= 4 is 16.7 Å². The largest absolute Gasteiger partial charge is 0.369 e. The van der Waals surface area contributed by atoms with Gasteiger partial charge in [-0.2, -0.15) is 4.98 Å². The molecule has 1 aliphatic rings. The fourth-order valence-electron chi connectivity index (χ4n) is 2.03. The SMILES string of the molecule is Cc1ccc2nc(=O)n3c(c2c1)NCC3. The van der Waals surface area contributed by atoms with Crippen molar-refractivity contribution in [2.45, 2.75) is 13.5 Å². The van der Waals surface area contributed by atoms with Gasteiger partial charge >= 0.3 is 5.69 Å². The average molecular weight is 201 g/mol. The Bertz CT molecular complexity index is 601. The Balaban J connectivity index is 2.49. The average Bonchev–Trinajstić information content (AvgIpc) is 2.69. The molecule has 2 aromatic rings. The molecule has 1 aromatic carbocycles. The lowest BCUT2D eigenvalue weighted by Crippen LogP contribution is -2.20. The molecule has 0 amide bonds. The first kappa shape index (κ1) is 8.47. The van der Waals surface area contributed by atoms with Gasteiger partial charge in [0.1, 0.15) is 5.82 Å². The smallest absolute Gasteiger partial charge is 0.349 e. The van der Waals surface area contributed by atoms with Crippen molar-refractivity contribution < 1.29 is 0 Å². The van der Waals surface area contributed by atoms with Gasteiger partial charge in [-0.25, -0.2) is 4.79 Å². The summed E-state index contributed by atoms with van der Waals surface area (Å²) in [5.74, 6) is 0.911. The van der Waals surface area contributed by atoms with Crippen LogP contribution in [-0.4, -0.2) is 16.1 Å². The van der Waals surface area contributed by atoms with E-state index >= 15 is 0 Å². The quantitative estimate of drug-likeness (QED) is 0.695. The van der Waals surface area contributed by atoms with E-state index in [0.29, 0.717) is 6.54 Å². The maximum atomic E-state index is 11.6. The standard InChI is InChI=1S/C11H11N3O/c1-7-2-3-9-8(6-7)10-12-4-5-14(10)11(15)13-9/h2-3,6,12H,4-5H2,1H3. The lowest BCUT2D eigenvalue weighted by Gasteiger charge is -2.06. The van der Waals surface area contributed by atoms with Crippen molar-refractivity contribution in [3.8, 4) is 0 Å². The Labute approximate surface area is 86.6 Å². The Morgan fingerprint density at radius 2 is 2.33 bits per heavy atom. The van der Waals surface area contributed by atoms with Crippen LogP contribution in [0.2, 0.25) is 0 Å². The van der Waals surface area contributed by atoms with Gasteiger partial charge in [-0.15, -0.1) is 0 Å². The van der Waals surface area contributed by atoms with Crippen LogP contribution < -0.4 is 11.0 Å². The van der Waals surface area contributed by atoms with Crippen LogP contribution in [0.5, 0.6) is 0 Å². The van der Waals surface area contributed by atoms with Gasteiger partial charge in [0.25, 0.3) is 0 Å². The Morgan fingerprint density at radius 3 is 3.20 bits per heavy atom. The van der Waals surface area contributed by atoms with Crippen LogP contribution in [0.4, 0.5) is 5.82 Å². The number of aromatic nitrogens is 2. The van der Waals surface area contributed by atoms with E-state index < -0.39 is 0 Å². The zero-order chi connectivity index (χ0) is 10.4. The van der Waals surface area contributed by atoms with Crippen LogP contribution in [-0.2, 0) is 6.54 Å². The van der Waals surface area contributed by atoms with Crippen LogP contribution >= 0.6 is 0 Å². The summed E-state index contributed by atoms with van der Waals surface area (Å²) in [6.45, 7) is 3.56. The number of anilines is 1. The summed E-state index contributed by atoms with van der Waals surface area (Å²) in [4.78, 5) is 15.7. The minimum absolute atomic E-state index is 0.161. The normalized spacial score (nSPS) is 13.9. The van der Waals surface area contributed by atoms with Crippen molar-refractivity contribution in [3.05, 3.63) is 34.2 Å². The fourth-order valence-corrected chi connectivity index (χ4v) is 2.03. The predicted octanol–water partition coefficient (Wildman–Crippen LogP) is 1.13. The number of benzene rings is 1. The van der Waals surface area contributed by atoms with Gasteiger partial charge in [-0.3, -0.25) is 4.57 Å². The topological polar surface area (TPSA) is 46.9 Å². The third-order valence-corrected chi connectivity index (χ3v) is 2.75. The van der Waals surface area contributed by atoms with Gasteiger partial charge in [-0.1, -0.05) is 11.6 Å². The second-order valence-electron chi connectivity index (χ2n) is 3.84. The van der Waals surface area contributed by atoms with Gasteiger partial charge in [-0.05, 0) is 19.1 Å². The molecule has 4 nitrogen and oxygen atoms in total. The first-order chi connectivity index (χ1) is 7.25.